The van der Waals surface area contributed by atoms with E-state index in [2.05, 4.69) is 10.4 Å². The van der Waals surface area contributed by atoms with Crippen molar-refractivity contribution in [1.82, 2.24) is 4.98 Å². The van der Waals surface area contributed by atoms with Gasteiger partial charge in [-0.1, -0.05) is 17.4 Å². The molecule has 1 aromatic carbocycles. The van der Waals surface area contributed by atoms with Crippen molar-refractivity contribution in [2.75, 3.05) is 14.2 Å². The van der Waals surface area contributed by atoms with Crippen LogP contribution in [-0.4, -0.2) is 19.2 Å². The molecule has 16 heavy (non-hydrogen) atoms. The predicted octanol–water partition coefficient (Wildman–Crippen LogP) is 2.75. The molecule has 0 spiro atoms. The zero-order chi connectivity index (χ0) is 11.4. The van der Waals surface area contributed by atoms with E-state index in [-0.39, 0.29) is 0 Å². The van der Waals surface area contributed by atoms with E-state index in [1.807, 2.05) is 6.07 Å². The van der Waals surface area contributed by atoms with Gasteiger partial charge < -0.3 is 14.2 Å². The van der Waals surface area contributed by atoms with Crippen molar-refractivity contribution in [1.29, 1.82) is 0 Å². The average molecular weight is 236 g/mol. The molecule has 2 rings (SSSR count). The second-order valence-electron chi connectivity index (χ2n) is 2.84. The molecule has 0 unspecified atom stereocenters. The van der Waals surface area contributed by atoms with E-state index in [0.29, 0.717) is 22.4 Å². The normalized spacial score (nSPS) is 9.88. The Balaban J connectivity index is 2.37. The third kappa shape index (κ3) is 2.09. The number of benzene rings is 1. The number of hydrogen-bond donors (Lipinski definition) is 0. The van der Waals surface area contributed by atoms with Crippen molar-refractivity contribution in [3.05, 3.63) is 29.8 Å². The van der Waals surface area contributed by atoms with E-state index < -0.39 is 0 Å². The van der Waals surface area contributed by atoms with Crippen LogP contribution in [0.15, 0.2) is 24.4 Å². The summed E-state index contributed by atoms with van der Waals surface area (Å²) in [5.41, 5.74) is 0. The van der Waals surface area contributed by atoms with Crippen LogP contribution in [0.25, 0.3) is 0 Å². The Morgan fingerprint density at radius 1 is 1.19 bits per heavy atom. The molecule has 0 fully saturated rings. The lowest BCUT2D eigenvalue weighted by molar-refractivity contribution is 0.345. The fraction of sp³-hybridized carbons (Fsp3) is 0.182. The summed E-state index contributed by atoms with van der Waals surface area (Å²) >= 11 is 1.29. The number of hydrogen-bond acceptors (Lipinski definition) is 5. The van der Waals surface area contributed by atoms with Crippen LogP contribution < -0.4 is 14.2 Å². The van der Waals surface area contributed by atoms with Gasteiger partial charge in [-0.2, -0.15) is 0 Å². The lowest BCUT2D eigenvalue weighted by atomic mass is 10.3. The Hall–Kier alpha value is -1.75. The maximum absolute atomic E-state index is 5.59. The number of nitrogens with zero attached hydrogens (tertiary/aromatic N) is 1. The molecular formula is C11H10NO3S. The van der Waals surface area contributed by atoms with E-state index in [0.717, 1.165) is 0 Å². The lowest BCUT2D eigenvalue weighted by Gasteiger charge is -2.11. The van der Waals surface area contributed by atoms with Gasteiger partial charge in [0.05, 0.1) is 25.8 Å². The van der Waals surface area contributed by atoms with Crippen molar-refractivity contribution < 1.29 is 14.2 Å². The number of thiazole rings is 1. The van der Waals surface area contributed by atoms with Crippen molar-refractivity contribution in [3.8, 4) is 22.4 Å². The molecule has 2 aromatic rings. The van der Waals surface area contributed by atoms with E-state index in [1.165, 1.54) is 11.3 Å². The summed E-state index contributed by atoms with van der Waals surface area (Å²) in [6.45, 7) is 0. The zero-order valence-electron chi connectivity index (χ0n) is 8.89. The van der Waals surface area contributed by atoms with Crippen LogP contribution in [0.5, 0.6) is 22.4 Å². The SMILES string of the molecule is COc1cccc(OC)c1Oc1nc[c]s1. The lowest BCUT2D eigenvalue weighted by Crippen LogP contribution is -1.93. The van der Waals surface area contributed by atoms with Crippen molar-refractivity contribution in [2.24, 2.45) is 0 Å². The highest BCUT2D eigenvalue weighted by Crippen LogP contribution is 2.40. The molecule has 0 saturated heterocycles. The minimum absolute atomic E-state index is 0.503. The molecule has 0 aliphatic heterocycles. The minimum atomic E-state index is 0.503. The van der Waals surface area contributed by atoms with Crippen LogP contribution in [-0.2, 0) is 0 Å². The minimum Gasteiger partial charge on any atom is -0.493 e. The predicted molar refractivity (Wildman–Crippen MR) is 60.6 cm³/mol. The topological polar surface area (TPSA) is 40.6 Å². The van der Waals surface area contributed by atoms with E-state index in [1.54, 1.807) is 32.5 Å². The van der Waals surface area contributed by atoms with E-state index in [9.17, 15) is 0 Å². The first-order valence-corrected chi connectivity index (χ1v) is 5.37. The maximum atomic E-state index is 5.59. The third-order valence-corrected chi connectivity index (χ3v) is 2.53. The summed E-state index contributed by atoms with van der Waals surface area (Å²) < 4.78 is 16.0. The molecule has 0 aliphatic carbocycles. The highest BCUT2D eigenvalue weighted by atomic mass is 32.1. The zero-order valence-corrected chi connectivity index (χ0v) is 9.71. The van der Waals surface area contributed by atoms with Crippen molar-refractivity contribution >= 4 is 11.3 Å². The van der Waals surface area contributed by atoms with Crippen LogP contribution >= 0.6 is 11.3 Å². The molecule has 83 valence electrons. The van der Waals surface area contributed by atoms with Crippen molar-refractivity contribution in [3.63, 3.8) is 0 Å². The average Bonchev–Trinajstić information content (AvgIpc) is 2.82. The fourth-order valence-corrected chi connectivity index (χ4v) is 1.67. The summed E-state index contributed by atoms with van der Waals surface area (Å²) in [4.78, 5) is 3.99. The molecule has 1 heterocycles. The standard InChI is InChI=1S/C11H10NO3S/c1-13-8-4-3-5-9(14-2)10(8)15-11-12-6-7-16-11/h3-6H,1-2H3. The van der Waals surface area contributed by atoms with Gasteiger partial charge in [-0.15, -0.1) is 0 Å². The molecule has 0 bridgehead atoms. The summed E-state index contributed by atoms with van der Waals surface area (Å²) in [6, 6.07) is 5.43. The number of methoxy groups -OCH3 is 2. The van der Waals surface area contributed by atoms with Gasteiger partial charge >= 0.3 is 0 Å². The first-order valence-electron chi connectivity index (χ1n) is 4.56. The van der Waals surface area contributed by atoms with Gasteiger partial charge in [0.25, 0.3) is 5.19 Å². The van der Waals surface area contributed by atoms with Crippen LogP contribution in [0.2, 0.25) is 0 Å². The Morgan fingerprint density at radius 2 is 1.88 bits per heavy atom. The number of aromatic nitrogens is 1. The number of rotatable bonds is 4. The van der Waals surface area contributed by atoms with Crippen LogP contribution in [0.3, 0.4) is 0 Å². The van der Waals surface area contributed by atoms with Crippen LogP contribution in [0.1, 0.15) is 0 Å². The molecular weight excluding hydrogens is 226 g/mol. The molecule has 0 amide bonds. The van der Waals surface area contributed by atoms with E-state index in [4.69, 9.17) is 14.2 Å². The molecule has 0 atom stereocenters. The van der Waals surface area contributed by atoms with Gasteiger partial charge in [0.1, 0.15) is 0 Å². The molecule has 1 aromatic heterocycles. The van der Waals surface area contributed by atoms with E-state index >= 15 is 0 Å². The summed E-state index contributed by atoms with van der Waals surface area (Å²) in [7, 11) is 3.16. The fourth-order valence-electron chi connectivity index (χ4n) is 1.23. The summed E-state index contributed by atoms with van der Waals surface area (Å²) in [6.07, 6.45) is 1.56. The van der Waals surface area contributed by atoms with Crippen LogP contribution in [0, 0.1) is 5.38 Å². The first-order chi connectivity index (χ1) is 7.85. The second kappa shape index (κ2) is 4.85. The highest BCUT2D eigenvalue weighted by Gasteiger charge is 2.13. The number of ether oxygens (including phenoxy) is 3. The monoisotopic (exact) mass is 236 g/mol. The van der Waals surface area contributed by atoms with Crippen molar-refractivity contribution in [2.45, 2.75) is 0 Å². The Bertz CT molecular complexity index is 434. The first kappa shape index (κ1) is 10.8. The molecule has 0 N–H and O–H groups in total. The smallest absolute Gasteiger partial charge is 0.279 e. The molecule has 0 saturated carbocycles. The second-order valence-corrected chi connectivity index (χ2v) is 3.63. The quantitative estimate of drug-likeness (QED) is 0.818. The number of para-hydroxylation sites is 1. The Labute approximate surface area is 97.4 Å². The molecule has 1 radical (unpaired) electrons. The van der Waals surface area contributed by atoms with Crippen LogP contribution in [0.4, 0.5) is 0 Å². The summed E-state index contributed by atoms with van der Waals surface area (Å²) in [5.74, 6) is 1.74. The van der Waals surface area contributed by atoms with Gasteiger partial charge in [-0.3, -0.25) is 0 Å². The van der Waals surface area contributed by atoms with Gasteiger partial charge in [0.15, 0.2) is 11.5 Å². The van der Waals surface area contributed by atoms with Gasteiger partial charge in [0, 0.05) is 0 Å². The molecule has 0 aliphatic rings. The summed E-state index contributed by atoms with van der Waals surface area (Å²) in [5, 5.41) is 3.35. The molecule has 5 heteroatoms. The third-order valence-electron chi connectivity index (χ3n) is 1.94. The Morgan fingerprint density at radius 3 is 2.38 bits per heavy atom. The molecule has 4 nitrogen and oxygen atoms in total. The Kier molecular flexibility index (Phi) is 3.26. The maximum Gasteiger partial charge on any atom is 0.279 e. The van der Waals surface area contributed by atoms with Gasteiger partial charge in [-0.05, 0) is 12.1 Å². The largest absolute Gasteiger partial charge is 0.493 e. The van der Waals surface area contributed by atoms with Gasteiger partial charge in [0.2, 0.25) is 5.75 Å². The van der Waals surface area contributed by atoms with Gasteiger partial charge in [-0.25, -0.2) is 4.98 Å². The highest BCUT2D eigenvalue weighted by molar-refractivity contribution is 7.10.